The van der Waals surface area contributed by atoms with E-state index in [0.717, 1.165) is 38.1 Å². The molecular formula is C17H21FN4O2S. The van der Waals surface area contributed by atoms with Crippen molar-refractivity contribution in [3.8, 4) is 0 Å². The Morgan fingerprint density at radius 2 is 1.84 bits per heavy atom. The molecule has 1 aromatic heterocycles. The van der Waals surface area contributed by atoms with Crippen molar-refractivity contribution in [3.63, 3.8) is 0 Å². The second-order valence-corrected chi connectivity index (χ2v) is 7.89. The van der Waals surface area contributed by atoms with Crippen LogP contribution >= 0.6 is 0 Å². The van der Waals surface area contributed by atoms with E-state index in [2.05, 4.69) is 26.6 Å². The molecule has 1 aliphatic rings. The first-order valence-electron chi connectivity index (χ1n) is 8.04. The van der Waals surface area contributed by atoms with Gasteiger partial charge in [0.2, 0.25) is 0 Å². The number of sulfonamides is 1. The SMILES string of the molecule is Cc1cc(S(=O)(=O)Nc2ccc(N3CCN(C)CC3)nc2)ccc1F. The zero-order chi connectivity index (χ0) is 18.0. The van der Waals surface area contributed by atoms with Gasteiger partial charge in [0, 0.05) is 26.2 Å². The van der Waals surface area contributed by atoms with Crippen molar-refractivity contribution >= 4 is 21.5 Å². The average molecular weight is 364 g/mol. The molecule has 8 heteroatoms. The van der Waals surface area contributed by atoms with E-state index in [4.69, 9.17) is 0 Å². The largest absolute Gasteiger partial charge is 0.354 e. The Kier molecular flexibility index (Phi) is 4.91. The molecular weight excluding hydrogens is 343 g/mol. The molecule has 134 valence electrons. The van der Waals surface area contributed by atoms with Gasteiger partial charge in [-0.2, -0.15) is 0 Å². The minimum atomic E-state index is -3.77. The fourth-order valence-electron chi connectivity index (χ4n) is 2.67. The quantitative estimate of drug-likeness (QED) is 0.900. The minimum Gasteiger partial charge on any atom is -0.354 e. The maximum absolute atomic E-state index is 13.3. The lowest BCUT2D eigenvalue weighted by Gasteiger charge is -2.33. The maximum atomic E-state index is 13.3. The number of likely N-dealkylation sites (N-methyl/N-ethyl adjacent to an activating group) is 1. The summed E-state index contributed by atoms with van der Waals surface area (Å²) < 4.78 is 40.6. The molecule has 3 rings (SSSR count). The summed E-state index contributed by atoms with van der Waals surface area (Å²) in [5, 5.41) is 0. The number of hydrogen-bond acceptors (Lipinski definition) is 5. The summed E-state index contributed by atoms with van der Waals surface area (Å²) in [5.74, 6) is 0.394. The van der Waals surface area contributed by atoms with E-state index in [1.807, 2.05) is 0 Å². The molecule has 1 saturated heterocycles. The lowest BCUT2D eigenvalue weighted by molar-refractivity contribution is 0.312. The van der Waals surface area contributed by atoms with Crippen LogP contribution in [0.25, 0.3) is 0 Å². The van der Waals surface area contributed by atoms with Gasteiger partial charge >= 0.3 is 0 Å². The van der Waals surface area contributed by atoms with Gasteiger partial charge in [0.1, 0.15) is 11.6 Å². The Morgan fingerprint density at radius 3 is 2.44 bits per heavy atom. The van der Waals surface area contributed by atoms with Crippen LogP contribution in [0.2, 0.25) is 0 Å². The van der Waals surface area contributed by atoms with Crippen LogP contribution in [0.1, 0.15) is 5.56 Å². The number of pyridine rings is 1. The monoisotopic (exact) mass is 364 g/mol. The van der Waals surface area contributed by atoms with Crippen LogP contribution in [0.5, 0.6) is 0 Å². The molecule has 1 fully saturated rings. The van der Waals surface area contributed by atoms with Gasteiger partial charge in [0.15, 0.2) is 0 Å². The Balaban J connectivity index is 1.73. The van der Waals surface area contributed by atoms with Crippen LogP contribution in [0.15, 0.2) is 41.4 Å². The summed E-state index contributed by atoms with van der Waals surface area (Å²) in [6.45, 7) is 5.26. The average Bonchev–Trinajstić information content (AvgIpc) is 2.58. The summed E-state index contributed by atoms with van der Waals surface area (Å²) in [5.41, 5.74) is 0.659. The van der Waals surface area contributed by atoms with Gasteiger partial charge < -0.3 is 9.80 Å². The van der Waals surface area contributed by atoms with Crippen LogP contribution in [-0.4, -0.2) is 51.5 Å². The summed E-state index contributed by atoms with van der Waals surface area (Å²) in [6.07, 6.45) is 1.50. The zero-order valence-corrected chi connectivity index (χ0v) is 15.1. The minimum absolute atomic E-state index is 0.0227. The first-order chi connectivity index (χ1) is 11.8. The first kappa shape index (κ1) is 17.6. The third kappa shape index (κ3) is 4.08. The summed E-state index contributed by atoms with van der Waals surface area (Å²) >= 11 is 0. The Hall–Kier alpha value is -2.19. The highest BCUT2D eigenvalue weighted by atomic mass is 32.2. The fraction of sp³-hybridized carbons (Fsp3) is 0.353. The second kappa shape index (κ2) is 6.97. The third-order valence-corrected chi connectivity index (χ3v) is 5.65. The number of rotatable bonds is 4. The van der Waals surface area contributed by atoms with E-state index in [1.54, 1.807) is 12.1 Å². The number of benzene rings is 1. The molecule has 0 radical (unpaired) electrons. The molecule has 0 spiro atoms. The summed E-state index contributed by atoms with van der Waals surface area (Å²) in [4.78, 5) is 8.80. The zero-order valence-electron chi connectivity index (χ0n) is 14.2. The summed E-state index contributed by atoms with van der Waals surface area (Å²) in [7, 11) is -1.69. The van der Waals surface area contributed by atoms with E-state index >= 15 is 0 Å². The number of halogens is 1. The van der Waals surface area contributed by atoms with Crippen molar-refractivity contribution in [1.29, 1.82) is 0 Å². The van der Waals surface area contributed by atoms with Crippen LogP contribution in [-0.2, 0) is 10.0 Å². The molecule has 2 heterocycles. The molecule has 0 saturated carbocycles. The number of aromatic nitrogens is 1. The van der Waals surface area contributed by atoms with Crippen molar-refractivity contribution in [2.75, 3.05) is 42.8 Å². The Bertz CT molecular complexity index is 847. The second-order valence-electron chi connectivity index (χ2n) is 6.21. The Labute approximate surface area is 147 Å². The Morgan fingerprint density at radius 1 is 1.12 bits per heavy atom. The number of anilines is 2. The third-order valence-electron chi connectivity index (χ3n) is 4.27. The van der Waals surface area contributed by atoms with Crippen LogP contribution in [0.3, 0.4) is 0 Å². The van der Waals surface area contributed by atoms with Gasteiger partial charge in [-0.1, -0.05) is 0 Å². The molecule has 0 unspecified atom stereocenters. The number of nitrogens with zero attached hydrogens (tertiary/aromatic N) is 3. The van der Waals surface area contributed by atoms with Gasteiger partial charge in [0.05, 0.1) is 16.8 Å². The molecule has 1 aliphatic heterocycles. The smallest absolute Gasteiger partial charge is 0.261 e. The number of nitrogens with one attached hydrogen (secondary N) is 1. The van der Waals surface area contributed by atoms with E-state index in [-0.39, 0.29) is 10.5 Å². The maximum Gasteiger partial charge on any atom is 0.261 e. The molecule has 1 aromatic carbocycles. The molecule has 0 aliphatic carbocycles. The van der Waals surface area contributed by atoms with Gasteiger partial charge in [-0.25, -0.2) is 17.8 Å². The predicted molar refractivity (Wildman–Crippen MR) is 95.9 cm³/mol. The standard InChI is InChI=1S/C17H21FN4O2S/c1-13-11-15(4-5-16(13)18)25(23,24)20-14-3-6-17(19-12-14)22-9-7-21(2)8-10-22/h3-6,11-12,20H,7-10H2,1-2H3. The van der Waals surface area contributed by atoms with Gasteiger partial charge in [-0.15, -0.1) is 0 Å². The van der Waals surface area contributed by atoms with Crippen LogP contribution in [0, 0.1) is 12.7 Å². The highest BCUT2D eigenvalue weighted by Crippen LogP contribution is 2.20. The molecule has 25 heavy (non-hydrogen) atoms. The number of hydrogen-bond donors (Lipinski definition) is 1. The van der Waals surface area contributed by atoms with Crippen molar-refractivity contribution in [1.82, 2.24) is 9.88 Å². The van der Waals surface area contributed by atoms with Crippen molar-refractivity contribution in [2.45, 2.75) is 11.8 Å². The number of piperazine rings is 1. The number of aryl methyl sites for hydroxylation is 1. The molecule has 0 bridgehead atoms. The van der Waals surface area contributed by atoms with Gasteiger partial charge in [-0.3, -0.25) is 4.72 Å². The van der Waals surface area contributed by atoms with E-state index in [0.29, 0.717) is 5.69 Å². The van der Waals surface area contributed by atoms with E-state index < -0.39 is 15.8 Å². The molecule has 2 aromatic rings. The topological polar surface area (TPSA) is 65.5 Å². The molecule has 6 nitrogen and oxygen atoms in total. The highest BCUT2D eigenvalue weighted by Gasteiger charge is 2.17. The lowest BCUT2D eigenvalue weighted by atomic mass is 10.2. The van der Waals surface area contributed by atoms with Gasteiger partial charge in [-0.05, 0) is 49.9 Å². The molecule has 0 atom stereocenters. The van der Waals surface area contributed by atoms with Gasteiger partial charge in [0.25, 0.3) is 10.0 Å². The normalized spacial score (nSPS) is 16.0. The predicted octanol–water partition coefficient (Wildman–Crippen LogP) is 2.08. The van der Waals surface area contributed by atoms with E-state index in [1.165, 1.54) is 25.3 Å². The molecule has 1 N–H and O–H groups in total. The van der Waals surface area contributed by atoms with Crippen LogP contribution < -0.4 is 9.62 Å². The van der Waals surface area contributed by atoms with Crippen LogP contribution in [0.4, 0.5) is 15.9 Å². The first-order valence-corrected chi connectivity index (χ1v) is 9.52. The fourth-order valence-corrected chi connectivity index (χ4v) is 3.80. The summed E-state index contributed by atoms with van der Waals surface area (Å²) in [6, 6.07) is 7.20. The van der Waals surface area contributed by atoms with Crippen molar-refractivity contribution < 1.29 is 12.8 Å². The van der Waals surface area contributed by atoms with Crippen molar-refractivity contribution in [2.24, 2.45) is 0 Å². The lowest BCUT2D eigenvalue weighted by Crippen LogP contribution is -2.44. The molecule has 0 amide bonds. The van der Waals surface area contributed by atoms with Crippen molar-refractivity contribution in [3.05, 3.63) is 47.9 Å². The highest BCUT2D eigenvalue weighted by molar-refractivity contribution is 7.92. The van der Waals surface area contributed by atoms with E-state index in [9.17, 15) is 12.8 Å².